The Kier molecular flexibility index (Phi) is 4.76. The van der Waals surface area contributed by atoms with Crippen molar-refractivity contribution in [2.75, 3.05) is 12.4 Å². The van der Waals surface area contributed by atoms with Crippen LogP contribution in [0.2, 0.25) is 0 Å². The lowest BCUT2D eigenvalue weighted by molar-refractivity contribution is 0.251. The number of hydrogen-bond donors (Lipinski definition) is 2. The number of nitrogens with zero attached hydrogens (tertiary/aromatic N) is 2. The first-order valence-electron chi connectivity index (χ1n) is 7.53. The van der Waals surface area contributed by atoms with Crippen LogP contribution in [-0.4, -0.2) is 22.9 Å². The van der Waals surface area contributed by atoms with Gasteiger partial charge < -0.3 is 15.4 Å². The number of methoxy groups -OCH3 is 1. The highest BCUT2D eigenvalue weighted by Gasteiger charge is 2.09. The molecule has 0 saturated carbocycles. The molecule has 0 aliphatic heterocycles. The van der Waals surface area contributed by atoms with Crippen molar-refractivity contribution in [2.45, 2.75) is 6.54 Å². The minimum Gasteiger partial charge on any atom is -0.496 e. The largest absolute Gasteiger partial charge is 0.496 e. The lowest BCUT2D eigenvalue weighted by Crippen LogP contribution is -2.28. The van der Waals surface area contributed by atoms with E-state index in [2.05, 4.69) is 15.7 Å². The molecule has 0 fully saturated rings. The summed E-state index contributed by atoms with van der Waals surface area (Å²) in [6.07, 6.45) is 3.52. The van der Waals surface area contributed by atoms with E-state index in [9.17, 15) is 4.79 Å². The first-order chi connectivity index (χ1) is 11.8. The van der Waals surface area contributed by atoms with Crippen molar-refractivity contribution in [1.82, 2.24) is 15.1 Å². The first-order valence-corrected chi connectivity index (χ1v) is 7.53. The molecule has 0 saturated heterocycles. The van der Waals surface area contributed by atoms with Gasteiger partial charge in [0.2, 0.25) is 0 Å². The van der Waals surface area contributed by atoms with Crippen LogP contribution in [0.15, 0.2) is 67.0 Å². The van der Waals surface area contributed by atoms with Crippen LogP contribution in [0.4, 0.5) is 10.5 Å². The predicted octanol–water partition coefficient (Wildman–Crippen LogP) is 3.20. The van der Waals surface area contributed by atoms with E-state index in [0.29, 0.717) is 12.2 Å². The molecule has 122 valence electrons. The molecule has 0 unspecified atom stereocenters. The summed E-state index contributed by atoms with van der Waals surface area (Å²) in [5.74, 6) is 0.745. The fourth-order valence-corrected chi connectivity index (χ4v) is 2.38. The zero-order valence-electron chi connectivity index (χ0n) is 13.3. The standard InChI is InChI=1S/C18H18N4O2/c1-24-17-10-5-2-7-14(17)13-19-18(23)21-15-8-3-4-9-16(15)22-12-6-11-20-22/h2-12H,13H2,1H3,(H2,19,21,23). The van der Waals surface area contributed by atoms with Gasteiger partial charge in [-0.1, -0.05) is 30.3 Å². The van der Waals surface area contributed by atoms with Crippen molar-refractivity contribution in [3.8, 4) is 11.4 Å². The number of anilines is 1. The molecule has 2 aromatic carbocycles. The summed E-state index contributed by atoms with van der Waals surface area (Å²) in [5, 5.41) is 9.89. The van der Waals surface area contributed by atoms with Gasteiger partial charge in [0.15, 0.2) is 0 Å². The summed E-state index contributed by atoms with van der Waals surface area (Å²) in [4.78, 5) is 12.2. The normalized spacial score (nSPS) is 10.2. The highest BCUT2D eigenvalue weighted by atomic mass is 16.5. The lowest BCUT2D eigenvalue weighted by Gasteiger charge is -2.13. The molecule has 0 aliphatic rings. The maximum atomic E-state index is 12.2. The smallest absolute Gasteiger partial charge is 0.319 e. The van der Waals surface area contributed by atoms with E-state index in [0.717, 1.165) is 17.0 Å². The number of carbonyl (C=O) groups is 1. The summed E-state index contributed by atoms with van der Waals surface area (Å²) < 4.78 is 6.98. The van der Waals surface area contributed by atoms with E-state index in [1.165, 1.54) is 0 Å². The summed E-state index contributed by atoms with van der Waals surface area (Å²) >= 11 is 0. The molecule has 1 aromatic heterocycles. The molecule has 3 aromatic rings. The van der Waals surface area contributed by atoms with Crippen LogP contribution in [0.3, 0.4) is 0 Å². The second-order valence-corrected chi connectivity index (χ2v) is 5.09. The Hall–Kier alpha value is -3.28. The van der Waals surface area contributed by atoms with Crippen LogP contribution < -0.4 is 15.4 Å². The fourth-order valence-electron chi connectivity index (χ4n) is 2.38. The minimum atomic E-state index is -0.291. The zero-order chi connectivity index (χ0) is 16.8. The molecule has 0 aliphatic carbocycles. The molecular weight excluding hydrogens is 304 g/mol. The van der Waals surface area contributed by atoms with Crippen LogP contribution in [0.1, 0.15) is 5.56 Å². The Morgan fingerprint density at radius 2 is 1.92 bits per heavy atom. The second kappa shape index (κ2) is 7.32. The van der Waals surface area contributed by atoms with Gasteiger partial charge in [-0.2, -0.15) is 5.10 Å². The van der Waals surface area contributed by atoms with Crippen molar-refractivity contribution in [3.63, 3.8) is 0 Å². The van der Waals surface area contributed by atoms with Gasteiger partial charge in [-0.25, -0.2) is 9.48 Å². The third-order valence-corrected chi connectivity index (χ3v) is 3.54. The van der Waals surface area contributed by atoms with Gasteiger partial charge in [0.05, 0.1) is 18.5 Å². The molecule has 6 heteroatoms. The third-order valence-electron chi connectivity index (χ3n) is 3.54. The molecule has 0 radical (unpaired) electrons. The molecule has 6 nitrogen and oxygen atoms in total. The second-order valence-electron chi connectivity index (χ2n) is 5.09. The van der Waals surface area contributed by atoms with E-state index >= 15 is 0 Å². The Labute approximate surface area is 140 Å². The van der Waals surface area contributed by atoms with Gasteiger partial charge >= 0.3 is 6.03 Å². The number of ether oxygens (including phenoxy) is 1. The number of amides is 2. The summed E-state index contributed by atoms with van der Waals surface area (Å²) in [6.45, 7) is 0.375. The number of aromatic nitrogens is 2. The number of hydrogen-bond acceptors (Lipinski definition) is 3. The molecule has 0 atom stereocenters. The van der Waals surface area contributed by atoms with Gasteiger partial charge in [-0.05, 0) is 24.3 Å². The van der Waals surface area contributed by atoms with Crippen molar-refractivity contribution in [2.24, 2.45) is 0 Å². The quantitative estimate of drug-likeness (QED) is 0.758. The highest BCUT2D eigenvalue weighted by Crippen LogP contribution is 2.19. The fraction of sp³-hybridized carbons (Fsp3) is 0.111. The maximum absolute atomic E-state index is 12.2. The molecule has 3 rings (SSSR count). The van der Waals surface area contributed by atoms with Crippen LogP contribution in [-0.2, 0) is 6.54 Å². The monoisotopic (exact) mass is 322 g/mol. The van der Waals surface area contributed by atoms with Gasteiger partial charge in [0, 0.05) is 24.5 Å². The predicted molar refractivity (Wildman–Crippen MR) is 92.4 cm³/mol. The number of rotatable bonds is 5. The Morgan fingerprint density at radius 3 is 2.71 bits per heavy atom. The summed E-state index contributed by atoms with van der Waals surface area (Å²) in [7, 11) is 1.61. The summed E-state index contributed by atoms with van der Waals surface area (Å²) in [5.41, 5.74) is 2.39. The Balaban J connectivity index is 1.68. The van der Waals surface area contributed by atoms with Gasteiger partial charge in [0.25, 0.3) is 0 Å². The molecule has 0 spiro atoms. The van der Waals surface area contributed by atoms with Gasteiger partial charge in [0.1, 0.15) is 5.75 Å². The Morgan fingerprint density at radius 1 is 1.12 bits per heavy atom. The zero-order valence-corrected chi connectivity index (χ0v) is 13.3. The van der Waals surface area contributed by atoms with E-state index in [1.54, 1.807) is 18.0 Å². The summed E-state index contributed by atoms with van der Waals surface area (Å²) in [6, 6.07) is 16.6. The van der Waals surface area contributed by atoms with Crippen molar-refractivity contribution in [3.05, 3.63) is 72.6 Å². The minimum absolute atomic E-state index is 0.291. The molecule has 1 heterocycles. The van der Waals surface area contributed by atoms with Gasteiger partial charge in [-0.15, -0.1) is 0 Å². The SMILES string of the molecule is COc1ccccc1CNC(=O)Nc1ccccc1-n1cccn1. The van der Waals surface area contributed by atoms with Crippen LogP contribution in [0.25, 0.3) is 5.69 Å². The number of urea groups is 1. The van der Waals surface area contributed by atoms with E-state index in [1.807, 2.05) is 60.8 Å². The van der Waals surface area contributed by atoms with Crippen LogP contribution in [0, 0.1) is 0 Å². The van der Waals surface area contributed by atoms with E-state index in [4.69, 9.17) is 4.74 Å². The lowest BCUT2D eigenvalue weighted by atomic mass is 10.2. The molecule has 2 N–H and O–H groups in total. The topological polar surface area (TPSA) is 68.2 Å². The first kappa shape index (κ1) is 15.6. The van der Waals surface area contributed by atoms with Crippen LogP contribution >= 0.6 is 0 Å². The highest BCUT2D eigenvalue weighted by molar-refractivity contribution is 5.91. The van der Waals surface area contributed by atoms with Crippen molar-refractivity contribution < 1.29 is 9.53 Å². The number of benzene rings is 2. The average molecular weight is 322 g/mol. The molecular formula is C18H18N4O2. The average Bonchev–Trinajstić information content (AvgIpc) is 3.15. The van der Waals surface area contributed by atoms with Gasteiger partial charge in [-0.3, -0.25) is 0 Å². The molecule has 0 bridgehead atoms. The number of nitrogens with one attached hydrogen (secondary N) is 2. The third kappa shape index (κ3) is 3.55. The maximum Gasteiger partial charge on any atom is 0.319 e. The van der Waals surface area contributed by atoms with Crippen molar-refractivity contribution in [1.29, 1.82) is 0 Å². The molecule has 24 heavy (non-hydrogen) atoms. The van der Waals surface area contributed by atoms with E-state index in [-0.39, 0.29) is 6.03 Å². The number of carbonyl (C=O) groups excluding carboxylic acids is 1. The van der Waals surface area contributed by atoms with Crippen LogP contribution in [0.5, 0.6) is 5.75 Å². The Bertz CT molecular complexity index is 815. The number of para-hydroxylation sites is 3. The molecule has 2 amide bonds. The van der Waals surface area contributed by atoms with E-state index < -0.39 is 0 Å². The van der Waals surface area contributed by atoms with Crippen molar-refractivity contribution >= 4 is 11.7 Å².